The number of nitrogens with zero attached hydrogens (tertiary/aromatic N) is 2. The number of nitro groups is 1. The molecular weight excluding hydrogens is 412 g/mol. The number of aryl methyl sites for hydroxylation is 1. The van der Waals surface area contributed by atoms with E-state index in [1.807, 2.05) is 6.92 Å². The minimum atomic E-state index is -4.06. The number of hydrogen-bond donors (Lipinski definition) is 0. The maximum atomic E-state index is 12.8. The molecule has 0 saturated carbocycles. The van der Waals surface area contributed by atoms with Crippen LogP contribution in [0.4, 0.5) is 5.69 Å². The normalized spacial score (nSPS) is 14.0. The van der Waals surface area contributed by atoms with Gasteiger partial charge in [-0.1, -0.05) is 29.8 Å². The predicted octanol–water partition coefficient (Wildman–Crippen LogP) is 4.05. The molecule has 0 N–H and O–H groups in total. The second-order valence-corrected chi connectivity index (χ2v) is 9.36. The van der Waals surface area contributed by atoms with Crippen LogP contribution in [0.25, 0.3) is 0 Å². The lowest BCUT2D eigenvalue weighted by atomic mass is 10.2. The number of ether oxygens (including phenoxy) is 1. The Kier molecular flexibility index (Phi) is 7.49. The molecular formula is C17H19ClN2O5S2. The van der Waals surface area contributed by atoms with Gasteiger partial charge >= 0.3 is 0 Å². The molecule has 0 fully saturated rings. The highest BCUT2D eigenvalue weighted by atomic mass is 35.5. The van der Waals surface area contributed by atoms with Crippen LogP contribution in [0.1, 0.15) is 12.5 Å². The van der Waals surface area contributed by atoms with E-state index in [2.05, 4.69) is 3.77 Å². The van der Waals surface area contributed by atoms with Crippen molar-refractivity contribution < 1.29 is 18.1 Å². The second-order valence-electron chi connectivity index (χ2n) is 5.44. The van der Waals surface area contributed by atoms with E-state index in [0.29, 0.717) is 0 Å². The van der Waals surface area contributed by atoms with Crippen LogP contribution < -0.4 is 0 Å². The fourth-order valence-electron chi connectivity index (χ4n) is 2.23. The largest absolute Gasteiger partial charge is 0.365 e. The summed E-state index contributed by atoms with van der Waals surface area (Å²) in [5, 5.41) is 11.4. The molecule has 27 heavy (non-hydrogen) atoms. The number of rotatable bonds is 8. The van der Waals surface area contributed by atoms with Gasteiger partial charge in [-0.3, -0.25) is 10.1 Å². The molecule has 0 aromatic heterocycles. The van der Waals surface area contributed by atoms with E-state index in [0.717, 1.165) is 5.56 Å². The molecule has 0 aliphatic heterocycles. The van der Waals surface area contributed by atoms with Crippen LogP contribution in [0.3, 0.4) is 0 Å². The summed E-state index contributed by atoms with van der Waals surface area (Å²) >= 11 is 5.98. The average Bonchev–Trinajstić information content (AvgIpc) is 2.65. The zero-order chi connectivity index (χ0) is 20.0. The zero-order valence-electron chi connectivity index (χ0n) is 14.7. The smallest absolute Gasteiger partial charge is 0.288 e. The molecule has 0 unspecified atom stereocenters. The molecule has 0 bridgehead atoms. The Balaban J connectivity index is 2.68. The highest BCUT2D eigenvalue weighted by Crippen LogP contribution is 2.28. The molecule has 0 saturated heterocycles. The summed E-state index contributed by atoms with van der Waals surface area (Å²) in [6, 6.07) is 12.1. The van der Waals surface area contributed by atoms with E-state index >= 15 is 0 Å². The zero-order valence-corrected chi connectivity index (χ0v) is 17.1. The van der Waals surface area contributed by atoms with Crippen molar-refractivity contribution in [1.29, 1.82) is 0 Å². The van der Waals surface area contributed by atoms with Gasteiger partial charge in [-0.15, -0.1) is 15.4 Å². The highest BCUT2D eigenvalue weighted by Gasteiger charge is 2.26. The molecule has 0 aliphatic rings. The minimum Gasteiger partial charge on any atom is -0.365 e. The van der Waals surface area contributed by atoms with Crippen molar-refractivity contribution in [3.05, 3.63) is 64.2 Å². The number of nitro benzene ring substituents is 1. The molecule has 0 heterocycles. The van der Waals surface area contributed by atoms with Gasteiger partial charge in [0.1, 0.15) is 5.44 Å². The molecule has 2 aromatic carbocycles. The van der Waals surface area contributed by atoms with E-state index in [1.54, 1.807) is 25.1 Å². The standard InChI is InChI=1S/C17H19ClN2O5S2/c1-3-25-17(12-18)26(16-7-5-4-6-15(16)20(21)22)19-27(23,24)14-10-8-13(2)9-11-14/h4-11,17H,3,12H2,1-2H3/t17-,26+/m0/s1. The lowest BCUT2D eigenvalue weighted by molar-refractivity contribution is -0.387. The number of alkyl halides is 1. The quantitative estimate of drug-likeness (QED) is 0.357. The molecule has 7 nitrogen and oxygen atoms in total. The van der Waals surface area contributed by atoms with Gasteiger partial charge in [0.25, 0.3) is 15.7 Å². The fourth-order valence-corrected chi connectivity index (χ4v) is 6.29. The average molecular weight is 431 g/mol. The van der Waals surface area contributed by atoms with Crippen LogP contribution in [0.5, 0.6) is 0 Å². The summed E-state index contributed by atoms with van der Waals surface area (Å²) < 4.78 is 35.2. The molecule has 146 valence electrons. The van der Waals surface area contributed by atoms with Gasteiger partial charge < -0.3 is 4.74 Å². The summed E-state index contributed by atoms with van der Waals surface area (Å²) in [6.07, 6.45) is 0. The Morgan fingerprint density at radius 3 is 2.41 bits per heavy atom. The van der Waals surface area contributed by atoms with Gasteiger partial charge in [0, 0.05) is 12.7 Å². The summed E-state index contributed by atoms with van der Waals surface area (Å²) in [6.45, 7) is 3.83. The van der Waals surface area contributed by atoms with Crippen LogP contribution in [-0.2, 0) is 25.5 Å². The number of para-hydroxylation sites is 1. The van der Waals surface area contributed by atoms with E-state index in [-0.39, 0.29) is 28.0 Å². The third kappa shape index (κ3) is 5.35. The topological polar surface area (TPSA) is 98.9 Å². The summed E-state index contributed by atoms with van der Waals surface area (Å²) in [5.41, 5.74) is -0.129. The van der Waals surface area contributed by atoms with Crippen molar-refractivity contribution in [1.82, 2.24) is 0 Å². The first kappa shape index (κ1) is 21.5. The minimum absolute atomic E-state index is 0.00834. The maximum Gasteiger partial charge on any atom is 0.288 e. The monoisotopic (exact) mass is 430 g/mol. The predicted molar refractivity (Wildman–Crippen MR) is 106 cm³/mol. The van der Waals surface area contributed by atoms with Crippen LogP contribution in [-0.4, -0.2) is 31.3 Å². The van der Waals surface area contributed by atoms with Gasteiger partial charge in [0.15, 0.2) is 0 Å². The Morgan fingerprint density at radius 1 is 1.22 bits per heavy atom. The SMILES string of the molecule is CCO[C@H](CCl)[S@](=NS(=O)(=O)c1ccc(C)cc1)c1ccccc1[N+](=O)[O-]. The van der Waals surface area contributed by atoms with E-state index in [1.165, 1.54) is 30.3 Å². The number of sulfonamides is 1. The molecule has 10 heteroatoms. The van der Waals surface area contributed by atoms with Gasteiger partial charge in [-0.05, 0) is 42.7 Å². The van der Waals surface area contributed by atoms with Crippen LogP contribution in [0.2, 0.25) is 0 Å². The van der Waals surface area contributed by atoms with Crippen molar-refractivity contribution >= 4 is 38.0 Å². The Labute approximate surface area is 165 Å². The Bertz CT molecular complexity index is 946. The number of hydrogen-bond acceptors (Lipinski definition) is 5. The number of halogens is 1. The second kappa shape index (κ2) is 9.41. The van der Waals surface area contributed by atoms with E-state index in [9.17, 15) is 18.5 Å². The maximum absolute atomic E-state index is 12.8. The molecule has 0 spiro atoms. The fraction of sp³-hybridized carbons (Fsp3) is 0.294. The van der Waals surface area contributed by atoms with Gasteiger partial charge in [0.05, 0.1) is 20.6 Å². The van der Waals surface area contributed by atoms with Gasteiger partial charge in [-0.2, -0.15) is 8.42 Å². The number of benzene rings is 2. The van der Waals surface area contributed by atoms with Crippen molar-refractivity contribution in [3.63, 3.8) is 0 Å². The first-order valence-electron chi connectivity index (χ1n) is 7.99. The summed E-state index contributed by atoms with van der Waals surface area (Å²) in [7, 11) is -5.56. The first-order chi connectivity index (χ1) is 12.8. The summed E-state index contributed by atoms with van der Waals surface area (Å²) in [4.78, 5) is 11.0. The highest BCUT2D eigenvalue weighted by molar-refractivity contribution is 8.00. The Hall–Kier alpha value is -1.81. The molecule has 0 amide bonds. The molecule has 2 aromatic rings. The van der Waals surface area contributed by atoms with Crippen LogP contribution in [0, 0.1) is 17.0 Å². The van der Waals surface area contributed by atoms with E-state index < -0.39 is 31.1 Å². The first-order valence-corrected chi connectivity index (χ1v) is 11.2. The third-order valence-corrected chi connectivity index (χ3v) is 7.87. The molecule has 2 atom stereocenters. The molecule has 0 radical (unpaired) electrons. The van der Waals surface area contributed by atoms with Crippen molar-refractivity contribution in [3.8, 4) is 0 Å². The molecule has 0 aliphatic carbocycles. The van der Waals surface area contributed by atoms with Crippen molar-refractivity contribution in [2.45, 2.75) is 29.1 Å². The van der Waals surface area contributed by atoms with Crippen LogP contribution >= 0.6 is 11.6 Å². The van der Waals surface area contributed by atoms with Crippen molar-refractivity contribution in [2.75, 3.05) is 12.5 Å². The van der Waals surface area contributed by atoms with Gasteiger partial charge in [-0.25, -0.2) is 0 Å². The van der Waals surface area contributed by atoms with Crippen LogP contribution in [0.15, 0.2) is 62.1 Å². The van der Waals surface area contributed by atoms with Crippen molar-refractivity contribution in [2.24, 2.45) is 3.77 Å². The molecule has 2 rings (SSSR count). The van der Waals surface area contributed by atoms with E-state index in [4.69, 9.17) is 16.3 Å². The van der Waals surface area contributed by atoms with Gasteiger partial charge in [0.2, 0.25) is 0 Å². The Morgan fingerprint density at radius 2 is 1.85 bits per heavy atom. The third-order valence-electron chi connectivity index (χ3n) is 3.51. The lowest BCUT2D eigenvalue weighted by Crippen LogP contribution is -2.23. The summed E-state index contributed by atoms with van der Waals surface area (Å²) in [5.74, 6) is -0.0596. The lowest BCUT2D eigenvalue weighted by Gasteiger charge is -2.18.